The number of benzene rings is 1. The zero-order chi connectivity index (χ0) is 13.8. The van der Waals surface area contributed by atoms with Gasteiger partial charge in [0.2, 0.25) is 0 Å². The molecule has 0 atom stereocenters. The second-order valence-electron chi connectivity index (χ2n) is 3.91. The van der Waals surface area contributed by atoms with Crippen LogP contribution in [0.25, 0.3) is 0 Å². The third-order valence-electron chi connectivity index (χ3n) is 2.45. The number of ether oxygens (including phenoxy) is 2. The van der Waals surface area contributed by atoms with Crippen molar-refractivity contribution in [3.05, 3.63) is 38.8 Å². The van der Waals surface area contributed by atoms with Gasteiger partial charge in [-0.3, -0.25) is 0 Å². The van der Waals surface area contributed by atoms with Crippen LogP contribution in [-0.4, -0.2) is 12.1 Å². The smallest absolute Gasteiger partial charge is 0.180 e. The Balaban J connectivity index is 2.19. The van der Waals surface area contributed by atoms with Crippen molar-refractivity contribution in [2.45, 2.75) is 18.9 Å². The average molecular weight is 363 g/mol. The molecule has 2 rings (SSSR count). The third kappa shape index (κ3) is 3.61. The Morgan fingerprint density at radius 3 is 2.79 bits per heavy atom. The molecule has 6 heteroatoms. The van der Waals surface area contributed by atoms with Gasteiger partial charge in [-0.25, -0.2) is 4.98 Å². The van der Waals surface area contributed by atoms with Gasteiger partial charge < -0.3 is 9.47 Å². The predicted molar refractivity (Wildman–Crippen MR) is 81.8 cm³/mol. The molecular formula is C13H13BrClNO2S. The van der Waals surface area contributed by atoms with Gasteiger partial charge in [-0.2, -0.15) is 0 Å². The van der Waals surface area contributed by atoms with E-state index in [1.54, 1.807) is 18.4 Å². The van der Waals surface area contributed by atoms with E-state index in [1.807, 2.05) is 24.4 Å². The van der Waals surface area contributed by atoms with E-state index >= 15 is 0 Å². The molecule has 0 amide bonds. The molecule has 0 fully saturated rings. The molecule has 0 unspecified atom stereocenters. The van der Waals surface area contributed by atoms with Crippen molar-refractivity contribution in [3.8, 4) is 11.5 Å². The maximum absolute atomic E-state index is 6.22. The highest BCUT2D eigenvalue weighted by atomic mass is 79.9. The first kappa shape index (κ1) is 14.6. The van der Waals surface area contributed by atoms with Crippen molar-refractivity contribution in [2.75, 3.05) is 7.11 Å². The largest absolute Gasteiger partial charge is 0.493 e. The van der Waals surface area contributed by atoms with Crippen LogP contribution in [0.15, 0.2) is 17.5 Å². The van der Waals surface area contributed by atoms with Crippen LogP contribution >= 0.6 is 38.9 Å². The van der Waals surface area contributed by atoms with Gasteiger partial charge in [0.05, 0.1) is 12.1 Å². The summed E-state index contributed by atoms with van der Waals surface area (Å²) in [7, 11) is 1.60. The monoisotopic (exact) mass is 361 g/mol. The van der Waals surface area contributed by atoms with Gasteiger partial charge in [0.15, 0.2) is 11.5 Å². The maximum Gasteiger partial charge on any atom is 0.180 e. The van der Waals surface area contributed by atoms with Crippen LogP contribution in [0, 0.1) is 6.92 Å². The summed E-state index contributed by atoms with van der Waals surface area (Å²) >= 11 is 11.2. The van der Waals surface area contributed by atoms with Gasteiger partial charge >= 0.3 is 0 Å². The number of alkyl halides is 1. The quantitative estimate of drug-likeness (QED) is 0.729. The van der Waals surface area contributed by atoms with Gasteiger partial charge in [-0.15, -0.1) is 11.3 Å². The van der Waals surface area contributed by atoms with Crippen LogP contribution in [0.4, 0.5) is 0 Å². The number of hydrogen-bond donors (Lipinski definition) is 0. The molecule has 0 aliphatic heterocycles. The number of rotatable bonds is 5. The predicted octanol–water partition coefficient (Wildman–Crippen LogP) is 4.59. The number of aromatic nitrogens is 1. The van der Waals surface area contributed by atoms with Crippen LogP contribution in [0.2, 0.25) is 5.02 Å². The fourth-order valence-electron chi connectivity index (χ4n) is 1.59. The molecule has 0 aliphatic rings. The van der Waals surface area contributed by atoms with Crippen molar-refractivity contribution >= 4 is 38.9 Å². The highest BCUT2D eigenvalue weighted by Crippen LogP contribution is 2.37. The van der Waals surface area contributed by atoms with E-state index < -0.39 is 0 Å². The number of halogens is 2. The van der Waals surface area contributed by atoms with Gasteiger partial charge in [0, 0.05) is 16.4 Å². The minimum absolute atomic E-state index is 0.391. The lowest BCUT2D eigenvalue weighted by molar-refractivity contribution is 0.284. The van der Waals surface area contributed by atoms with Gasteiger partial charge in [0.25, 0.3) is 0 Å². The minimum Gasteiger partial charge on any atom is -0.493 e. The zero-order valence-electron chi connectivity index (χ0n) is 10.6. The van der Waals surface area contributed by atoms with Crippen LogP contribution in [0.3, 0.4) is 0 Å². The molecule has 0 saturated heterocycles. The first-order chi connectivity index (χ1) is 9.13. The zero-order valence-corrected chi connectivity index (χ0v) is 13.7. The highest BCUT2D eigenvalue weighted by molar-refractivity contribution is 9.08. The van der Waals surface area contributed by atoms with E-state index in [0.29, 0.717) is 23.1 Å². The number of nitrogens with zero attached hydrogens (tertiary/aromatic N) is 1. The van der Waals surface area contributed by atoms with Crippen molar-refractivity contribution in [1.29, 1.82) is 0 Å². The second kappa shape index (κ2) is 6.59. The SMILES string of the molecule is COc1cc(CBr)cc(Cl)c1OCc1nc(C)cs1. The fourth-order valence-corrected chi connectivity index (χ4v) is 2.89. The van der Waals surface area contributed by atoms with Crippen molar-refractivity contribution in [2.24, 2.45) is 0 Å². The molecule has 0 saturated carbocycles. The molecule has 3 nitrogen and oxygen atoms in total. The fraction of sp³-hybridized carbons (Fsp3) is 0.308. The lowest BCUT2D eigenvalue weighted by Gasteiger charge is -2.12. The topological polar surface area (TPSA) is 31.4 Å². The van der Waals surface area contributed by atoms with Gasteiger partial charge in [0.1, 0.15) is 11.6 Å². The normalized spacial score (nSPS) is 10.5. The number of methoxy groups -OCH3 is 1. The Morgan fingerprint density at radius 2 is 2.21 bits per heavy atom. The van der Waals surface area contributed by atoms with E-state index in [1.165, 1.54) is 0 Å². The Hall–Kier alpha value is -0.780. The molecular weight excluding hydrogens is 350 g/mol. The van der Waals surface area contributed by atoms with Gasteiger partial charge in [-0.1, -0.05) is 27.5 Å². The molecule has 1 aromatic carbocycles. The summed E-state index contributed by atoms with van der Waals surface area (Å²) in [5, 5.41) is 4.17. The van der Waals surface area contributed by atoms with Gasteiger partial charge in [-0.05, 0) is 24.6 Å². The average Bonchev–Trinajstić information content (AvgIpc) is 2.82. The summed E-state index contributed by atoms with van der Waals surface area (Å²) < 4.78 is 11.0. The molecule has 19 heavy (non-hydrogen) atoms. The number of thiazole rings is 1. The molecule has 0 aliphatic carbocycles. The summed E-state index contributed by atoms with van der Waals surface area (Å²) in [5.74, 6) is 1.19. The second-order valence-corrected chi connectivity index (χ2v) is 5.82. The first-order valence-electron chi connectivity index (χ1n) is 5.60. The standard InChI is InChI=1S/C13H13BrClNO2S/c1-8-7-19-12(16-8)6-18-13-10(15)3-9(5-14)4-11(13)17-2/h3-4,7H,5-6H2,1-2H3. The summed E-state index contributed by atoms with van der Waals surface area (Å²) in [6.07, 6.45) is 0. The third-order valence-corrected chi connectivity index (χ3v) is 4.32. The molecule has 0 N–H and O–H groups in total. The van der Waals surface area contributed by atoms with Crippen molar-refractivity contribution in [1.82, 2.24) is 4.98 Å². The highest BCUT2D eigenvalue weighted by Gasteiger charge is 2.12. The summed E-state index contributed by atoms with van der Waals surface area (Å²) in [6.45, 7) is 2.35. The van der Waals surface area contributed by atoms with Crippen LogP contribution < -0.4 is 9.47 Å². The first-order valence-corrected chi connectivity index (χ1v) is 7.98. The molecule has 1 aromatic heterocycles. The Bertz CT molecular complexity index is 574. The minimum atomic E-state index is 0.391. The molecule has 0 spiro atoms. The molecule has 2 aromatic rings. The van der Waals surface area contributed by atoms with Crippen LogP contribution in [0.5, 0.6) is 11.5 Å². The Kier molecular flexibility index (Phi) is 5.07. The van der Waals surface area contributed by atoms with E-state index in [9.17, 15) is 0 Å². The molecule has 1 heterocycles. The van der Waals surface area contributed by atoms with E-state index in [-0.39, 0.29) is 0 Å². The Labute approximate surface area is 129 Å². The van der Waals surface area contributed by atoms with E-state index in [2.05, 4.69) is 20.9 Å². The lowest BCUT2D eigenvalue weighted by Crippen LogP contribution is -1.99. The van der Waals surface area contributed by atoms with Crippen molar-refractivity contribution in [3.63, 3.8) is 0 Å². The number of aryl methyl sites for hydroxylation is 1. The van der Waals surface area contributed by atoms with Crippen molar-refractivity contribution < 1.29 is 9.47 Å². The molecule has 0 bridgehead atoms. The summed E-state index contributed by atoms with van der Waals surface area (Å²) in [6, 6.07) is 3.77. The van der Waals surface area contributed by atoms with E-state index in [0.717, 1.165) is 21.6 Å². The lowest BCUT2D eigenvalue weighted by atomic mass is 10.2. The Morgan fingerprint density at radius 1 is 1.42 bits per heavy atom. The van der Waals surface area contributed by atoms with Crippen LogP contribution in [-0.2, 0) is 11.9 Å². The maximum atomic E-state index is 6.22. The molecule has 102 valence electrons. The summed E-state index contributed by atoms with van der Waals surface area (Å²) in [5.41, 5.74) is 2.04. The van der Waals surface area contributed by atoms with Crippen LogP contribution in [0.1, 0.15) is 16.3 Å². The van der Waals surface area contributed by atoms with E-state index in [4.69, 9.17) is 21.1 Å². The molecule has 0 radical (unpaired) electrons. The number of hydrogen-bond acceptors (Lipinski definition) is 4. The summed E-state index contributed by atoms with van der Waals surface area (Å²) in [4.78, 5) is 4.35.